The first-order valence-corrected chi connectivity index (χ1v) is 10.1. The van der Waals surface area contributed by atoms with Crippen molar-refractivity contribution in [3.63, 3.8) is 0 Å². The van der Waals surface area contributed by atoms with Crippen LogP contribution < -0.4 is 16.0 Å². The topological polar surface area (TPSA) is 105 Å². The first kappa shape index (κ1) is 26.7. The Morgan fingerprint density at radius 3 is 2.35 bits per heavy atom. The van der Waals surface area contributed by atoms with Gasteiger partial charge < -0.3 is 20.7 Å². The molecule has 9 nitrogen and oxygen atoms in total. The SMILES string of the molecule is CCNC(=NCc1ccc(-n2cncn2)cc1)NCC(C)(C)NC(=O)OC(C)(C)C.I. The fourth-order valence-electron chi connectivity index (χ4n) is 2.54. The molecule has 0 fully saturated rings. The Bertz CT molecular complexity index is 828. The fraction of sp³-hybridized carbons (Fsp3) is 0.524. The molecule has 0 radical (unpaired) electrons. The number of guanidine groups is 1. The highest BCUT2D eigenvalue weighted by Gasteiger charge is 2.24. The number of hydrogen-bond acceptors (Lipinski definition) is 5. The molecule has 1 aromatic carbocycles. The van der Waals surface area contributed by atoms with E-state index in [2.05, 4.69) is 31.0 Å². The summed E-state index contributed by atoms with van der Waals surface area (Å²) >= 11 is 0. The van der Waals surface area contributed by atoms with Crippen molar-refractivity contribution in [3.05, 3.63) is 42.5 Å². The zero-order valence-electron chi connectivity index (χ0n) is 19.1. The number of carbonyl (C=O) groups is 1. The Morgan fingerprint density at radius 1 is 1.13 bits per heavy atom. The van der Waals surface area contributed by atoms with E-state index in [4.69, 9.17) is 4.74 Å². The quantitative estimate of drug-likeness (QED) is 0.282. The monoisotopic (exact) mass is 543 g/mol. The third-order valence-electron chi connectivity index (χ3n) is 3.92. The van der Waals surface area contributed by atoms with Crippen molar-refractivity contribution in [2.24, 2.45) is 4.99 Å². The molecule has 0 atom stereocenters. The summed E-state index contributed by atoms with van der Waals surface area (Å²) in [6.07, 6.45) is 2.72. The van der Waals surface area contributed by atoms with Crippen molar-refractivity contribution in [2.75, 3.05) is 13.1 Å². The molecule has 1 amide bonds. The lowest BCUT2D eigenvalue weighted by molar-refractivity contribution is 0.0474. The number of nitrogens with zero attached hydrogens (tertiary/aromatic N) is 4. The summed E-state index contributed by atoms with van der Waals surface area (Å²) in [4.78, 5) is 20.6. The van der Waals surface area contributed by atoms with Gasteiger partial charge >= 0.3 is 6.09 Å². The van der Waals surface area contributed by atoms with Gasteiger partial charge in [0.25, 0.3) is 0 Å². The molecule has 2 aromatic rings. The van der Waals surface area contributed by atoms with Crippen LogP contribution in [-0.4, -0.2) is 51.0 Å². The van der Waals surface area contributed by atoms with Gasteiger partial charge in [-0.3, -0.25) is 0 Å². The van der Waals surface area contributed by atoms with Crippen LogP contribution in [0.5, 0.6) is 0 Å². The molecular weight excluding hydrogens is 509 g/mol. The highest BCUT2D eigenvalue weighted by atomic mass is 127. The van der Waals surface area contributed by atoms with Crippen LogP contribution in [0, 0.1) is 0 Å². The Hall–Kier alpha value is -2.37. The van der Waals surface area contributed by atoms with Crippen LogP contribution in [0.15, 0.2) is 41.9 Å². The van der Waals surface area contributed by atoms with E-state index in [1.807, 2.05) is 65.8 Å². The van der Waals surface area contributed by atoms with Crippen molar-refractivity contribution in [1.82, 2.24) is 30.7 Å². The van der Waals surface area contributed by atoms with Crippen LogP contribution in [0.2, 0.25) is 0 Å². The maximum atomic E-state index is 12.1. The van der Waals surface area contributed by atoms with Crippen LogP contribution in [0.1, 0.15) is 47.1 Å². The van der Waals surface area contributed by atoms with Gasteiger partial charge in [-0.1, -0.05) is 12.1 Å². The van der Waals surface area contributed by atoms with E-state index in [0.29, 0.717) is 19.0 Å². The summed E-state index contributed by atoms with van der Waals surface area (Å²) in [5.74, 6) is 0.678. The van der Waals surface area contributed by atoms with E-state index in [0.717, 1.165) is 17.8 Å². The van der Waals surface area contributed by atoms with Crippen molar-refractivity contribution in [1.29, 1.82) is 0 Å². The third kappa shape index (κ3) is 9.99. The van der Waals surface area contributed by atoms with Gasteiger partial charge in [-0.15, -0.1) is 24.0 Å². The van der Waals surface area contributed by atoms with Crippen molar-refractivity contribution >= 4 is 36.0 Å². The number of carbonyl (C=O) groups excluding carboxylic acids is 1. The van der Waals surface area contributed by atoms with Gasteiger partial charge in [0.15, 0.2) is 5.96 Å². The summed E-state index contributed by atoms with van der Waals surface area (Å²) in [6, 6.07) is 7.98. The van der Waals surface area contributed by atoms with E-state index in [9.17, 15) is 4.79 Å². The molecule has 0 saturated carbocycles. The van der Waals surface area contributed by atoms with Gasteiger partial charge in [0.1, 0.15) is 18.3 Å². The standard InChI is InChI=1S/C21H33N7O2.HI/c1-7-23-18(25-13-21(5,6)27-19(29)30-20(2,3)4)24-12-16-8-10-17(11-9-16)28-15-22-14-26-28;/h8-11,14-15H,7,12-13H2,1-6H3,(H,27,29)(H2,23,24,25);1H. The molecule has 1 aromatic heterocycles. The highest BCUT2D eigenvalue weighted by Crippen LogP contribution is 2.10. The minimum atomic E-state index is -0.534. The zero-order valence-corrected chi connectivity index (χ0v) is 21.4. The van der Waals surface area contributed by atoms with Crippen molar-refractivity contribution in [3.8, 4) is 5.69 Å². The molecule has 2 rings (SSSR count). The van der Waals surface area contributed by atoms with E-state index < -0.39 is 17.2 Å². The Kier molecular flexibility index (Phi) is 10.2. The molecule has 0 spiro atoms. The van der Waals surface area contributed by atoms with Crippen LogP contribution in [0.25, 0.3) is 5.69 Å². The summed E-state index contributed by atoms with van der Waals surface area (Å²) in [5, 5.41) is 13.5. The molecule has 0 aliphatic rings. The molecule has 0 bridgehead atoms. The largest absolute Gasteiger partial charge is 0.444 e. The van der Waals surface area contributed by atoms with Gasteiger partial charge in [0, 0.05) is 13.1 Å². The number of benzene rings is 1. The smallest absolute Gasteiger partial charge is 0.408 e. The molecule has 0 aliphatic carbocycles. The van der Waals surface area contributed by atoms with Crippen molar-refractivity contribution in [2.45, 2.75) is 59.2 Å². The average Bonchev–Trinajstić information content (AvgIpc) is 3.17. The second-order valence-electron chi connectivity index (χ2n) is 8.57. The van der Waals surface area contributed by atoms with Crippen LogP contribution in [-0.2, 0) is 11.3 Å². The van der Waals surface area contributed by atoms with E-state index >= 15 is 0 Å². The average molecular weight is 543 g/mol. The third-order valence-corrected chi connectivity index (χ3v) is 3.92. The Labute approximate surface area is 201 Å². The summed E-state index contributed by atoms with van der Waals surface area (Å²) in [5.41, 5.74) is 0.966. The molecule has 1 heterocycles. The van der Waals surface area contributed by atoms with Gasteiger partial charge in [0.05, 0.1) is 17.8 Å². The van der Waals surface area contributed by atoms with Crippen LogP contribution in [0.3, 0.4) is 0 Å². The zero-order chi connectivity index (χ0) is 22.2. The number of aliphatic imine (C=N–C) groups is 1. The first-order chi connectivity index (χ1) is 14.1. The number of rotatable bonds is 7. The van der Waals surface area contributed by atoms with Gasteiger partial charge in [-0.2, -0.15) is 5.10 Å². The van der Waals surface area contributed by atoms with Gasteiger partial charge in [-0.25, -0.2) is 19.5 Å². The van der Waals surface area contributed by atoms with Crippen molar-refractivity contribution < 1.29 is 9.53 Å². The Balaban J connectivity index is 0.00000480. The molecule has 0 aliphatic heterocycles. The number of hydrogen-bond donors (Lipinski definition) is 3. The highest BCUT2D eigenvalue weighted by molar-refractivity contribution is 14.0. The molecule has 0 saturated heterocycles. The van der Waals surface area contributed by atoms with Crippen LogP contribution >= 0.6 is 24.0 Å². The lowest BCUT2D eigenvalue weighted by Crippen LogP contribution is -2.54. The predicted octanol–water partition coefficient (Wildman–Crippen LogP) is 3.24. The second kappa shape index (κ2) is 11.9. The number of aromatic nitrogens is 3. The number of amides is 1. The van der Waals surface area contributed by atoms with E-state index in [1.54, 1.807) is 11.0 Å². The lowest BCUT2D eigenvalue weighted by Gasteiger charge is -2.29. The summed E-state index contributed by atoms with van der Waals surface area (Å²) < 4.78 is 7.04. The predicted molar refractivity (Wildman–Crippen MR) is 133 cm³/mol. The maximum absolute atomic E-state index is 12.1. The molecule has 10 heteroatoms. The van der Waals surface area contributed by atoms with Gasteiger partial charge in [-0.05, 0) is 59.2 Å². The molecule has 31 heavy (non-hydrogen) atoms. The molecule has 0 unspecified atom stereocenters. The second-order valence-corrected chi connectivity index (χ2v) is 8.57. The first-order valence-electron chi connectivity index (χ1n) is 10.1. The molecule has 172 valence electrons. The van der Waals surface area contributed by atoms with Crippen LogP contribution in [0.4, 0.5) is 4.79 Å². The minimum absolute atomic E-state index is 0. The fourth-order valence-corrected chi connectivity index (χ4v) is 2.54. The number of halogens is 1. The summed E-state index contributed by atoms with van der Waals surface area (Å²) in [6.45, 7) is 13.1. The minimum Gasteiger partial charge on any atom is -0.444 e. The molecule has 3 N–H and O–H groups in total. The maximum Gasteiger partial charge on any atom is 0.408 e. The Morgan fingerprint density at radius 2 is 1.81 bits per heavy atom. The normalized spacial score (nSPS) is 12.0. The van der Waals surface area contributed by atoms with Gasteiger partial charge in [0.2, 0.25) is 0 Å². The number of ether oxygens (including phenoxy) is 1. The number of nitrogens with one attached hydrogen (secondary N) is 3. The number of alkyl carbamates (subject to hydrolysis) is 1. The van der Waals surface area contributed by atoms with E-state index in [-0.39, 0.29) is 24.0 Å². The lowest BCUT2D eigenvalue weighted by atomic mass is 10.1. The molecular formula is C21H34IN7O2. The summed E-state index contributed by atoms with van der Waals surface area (Å²) in [7, 11) is 0. The van der Waals surface area contributed by atoms with E-state index in [1.165, 1.54) is 6.33 Å².